The minimum absolute atomic E-state index is 0.0218. The normalized spacial score (nSPS) is 20.9. The van der Waals surface area contributed by atoms with Crippen LogP contribution in [-0.4, -0.2) is 41.2 Å². The zero-order valence-corrected chi connectivity index (χ0v) is 11.4. The highest BCUT2D eigenvalue weighted by atomic mass is 32.2. The first kappa shape index (κ1) is 14.8. The summed E-state index contributed by atoms with van der Waals surface area (Å²) in [6.07, 6.45) is 7.75. The first-order chi connectivity index (χ1) is 8.13. The second-order valence-electron chi connectivity index (χ2n) is 4.88. The predicted molar refractivity (Wildman–Crippen MR) is 72.0 cm³/mol. The molecular formula is C12H24N2O2S. The van der Waals surface area contributed by atoms with Crippen LogP contribution in [0.2, 0.25) is 0 Å². The number of hydrogen-bond donors (Lipinski definition) is 3. The molecule has 0 unspecified atom stereocenters. The van der Waals surface area contributed by atoms with Crippen molar-refractivity contribution in [2.45, 2.75) is 50.1 Å². The summed E-state index contributed by atoms with van der Waals surface area (Å²) in [4.78, 5) is 11.9. The van der Waals surface area contributed by atoms with Gasteiger partial charge in [-0.3, -0.25) is 4.79 Å². The SMILES string of the molecule is CSCC[C@@H](N)C(=O)NC1(CO)CCCCC1. The summed E-state index contributed by atoms with van der Waals surface area (Å²) in [6, 6.07) is -0.451. The van der Waals surface area contributed by atoms with E-state index in [9.17, 15) is 9.90 Å². The van der Waals surface area contributed by atoms with E-state index in [0.717, 1.165) is 31.4 Å². The van der Waals surface area contributed by atoms with Gasteiger partial charge in [-0.2, -0.15) is 11.8 Å². The van der Waals surface area contributed by atoms with Crippen molar-refractivity contribution in [1.29, 1.82) is 0 Å². The molecule has 0 aromatic heterocycles. The number of carbonyl (C=O) groups is 1. The van der Waals surface area contributed by atoms with Crippen LogP contribution < -0.4 is 11.1 Å². The molecule has 1 fully saturated rings. The van der Waals surface area contributed by atoms with Gasteiger partial charge in [-0.05, 0) is 31.3 Å². The molecule has 17 heavy (non-hydrogen) atoms. The summed E-state index contributed by atoms with van der Waals surface area (Å²) < 4.78 is 0. The van der Waals surface area contributed by atoms with Crippen LogP contribution >= 0.6 is 11.8 Å². The summed E-state index contributed by atoms with van der Waals surface area (Å²) >= 11 is 1.69. The number of thioether (sulfide) groups is 1. The molecule has 0 heterocycles. The van der Waals surface area contributed by atoms with Gasteiger partial charge in [0.2, 0.25) is 5.91 Å². The van der Waals surface area contributed by atoms with Crippen molar-refractivity contribution in [3.8, 4) is 0 Å². The van der Waals surface area contributed by atoms with Gasteiger partial charge in [0, 0.05) is 0 Å². The maximum atomic E-state index is 11.9. The molecule has 1 rings (SSSR count). The Bertz CT molecular complexity index is 243. The lowest BCUT2D eigenvalue weighted by Gasteiger charge is -2.37. The fourth-order valence-corrected chi connectivity index (χ4v) is 2.77. The third kappa shape index (κ3) is 4.48. The van der Waals surface area contributed by atoms with Gasteiger partial charge in [-0.15, -0.1) is 0 Å². The van der Waals surface area contributed by atoms with Gasteiger partial charge in [0.15, 0.2) is 0 Å². The molecule has 1 aliphatic rings. The smallest absolute Gasteiger partial charge is 0.237 e. The van der Waals surface area contributed by atoms with E-state index < -0.39 is 11.6 Å². The van der Waals surface area contributed by atoms with Crippen molar-refractivity contribution in [2.24, 2.45) is 5.73 Å². The Hall–Kier alpha value is -0.260. The Labute approximate surface area is 108 Å². The van der Waals surface area contributed by atoms with Crippen molar-refractivity contribution in [2.75, 3.05) is 18.6 Å². The molecule has 0 spiro atoms. The van der Waals surface area contributed by atoms with E-state index in [1.165, 1.54) is 6.42 Å². The van der Waals surface area contributed by atoms with Gasteiger partial charge in [-0.25, -0.2) is 0 Å². The van der Waals surface area contributed by atoms with Crippen LogP contribution in [0.25, 0.3) is 0 Å². The predicted octanol–water partition coefficient (Wildman–Crippen LogP) is 0.878. The third-order valence-corrected chi connectivity index (χ3v) is 4.12. The Morgan fingerprint density at radius 3 is 2.65 bits per heavy atom. The van der Waals surface area contributed by atoms with E-state index in [1.54, 1.807) is 11.8 Å². The first-order valence-corrected chi connectivity index (χ1v) is 7.70. The molecule has 1 saturated carbocycles. The Kier molecular flexibility index (Phi) is 6.30. The van der Waals surface area contributed by atoms with Crippen molar-refractivity contribution in [3.63, 3.8) is 0 Å². The lowest BCUT2D eigenvalue weighted by atomic mass is 9.82. The quantitative estimate of drug-likeness (QED) is 0.662. The monoisotopic (exact) mass is 260 g/mol. The van der Waals surface area contributed by atoms with Gasteiger partial charge in [-0.1, -0.05) is 19.3 Å². The highest BCUT2D eigenvalue weighted by molar-refractivity contribution is 7.98. The topological polar surface area (TPSA) is 75.4 Å². The highest BCUT2D eigenvalue weighted by Gasteiger charge is 2.33. The van der Waals surface area contributed by atoms with E-state index in [2.05, 4.69) is 5.32 Å². The summed E-state index contributed by atoms with van der Waals surface area (Å²) in [5, 5.41) is 12.5. The molecule has 4 N–H and O–H groups in total. The number of carbonyl (C=O) groups excluding carboxylic acids is 1. The summed E-state index contributed by atoms with van der Waals surface area (Å²) in [7, 11) is 0. The molecular weight excluding hydrogens is 236 g/mol. The van der Waals surface area contributed by atoms with Crippen LogP contribution in [0.5, 0.6) is 0 Å². The van der Waals surface area contributed by atoms with Gasteiger partial charge in [0.25, 0.3) is 0 Å². The van der Waals surface area contributed by atoms with Crippen LogP contribution in [0, 0.1) is 0 Å². The Balaban J connectivity index is 2.46. The lowest BCUT2D eigenvalue weighted by molar-refractivity contribution is -0.125. The number of aliphatic hydroxyl groups excluding tert-OH is 1. The van der Waals surface area contributed by atoms with E-state index in [0.29, 0.717) is 6.42 Å². The third-order valence-electron chi connectivity index (χ3n) is 3.47. The average molecular weight is 260 g/mol. The summed E-state index contributed by atoms with van der Waals surface area (Å²) in [5.41, 5.74) is 5.42. The maximum absolute atomic E-state index is 11.9. The zero-order chi connectivity index (χ0) is 12.7. The summed E-state index contributed by atoms with van der Waals surface area (Å²) in [5.74, 6) is 0.774. The van der Waals surface area contributed by atoms with Crippen LogP contribution in [0.15, 0.2) is 0 Å². The van der Waals surface area contributed by atoms with Crippen molar-refractivity contribution >= 4 is 17.7 Å². The molecule has 1 amide bonds. The second kappa shape index (κ2) is 7.24. The standard InChI is InChI=1S/C12H24N2O2S/c1-17-8-5-10(13)11(16)14-12(9-15)6-3-2-4-7-12/h10,15H,2-9,13H2,1H3,(H,14,16)/t10-/m1/s1. The van der Waals surface area contributed by atoms with Crippen LogP contribution in [0.3, 0.4) is 0 Å². The number of nitrogens with one attached hydrogen (secondary N) is 1. The Morgan fingerprint density at radius 2 is 2.12 bits per heavy atom. The fraction of sp³-hybridized carbons (Fsp3) is 0.917. The molecule has 100 valence electrons. The van der Waals surface area contributed by atoms with Gasteiger partial charge in [0.05, 0.1) is 18.2 Å². The highest BCUT2D eigenvalue weighted by Crippen LogP contribution is 2.27. The summed E-state index contributed by atoms with van der Waals surface area (Å²) in [6.45, 7) is 0.0218. The molecule has 0 saturated heterocycles. The van der Waals surface area contributed by atoms with Crippen molar-refractivity contribution in [1.82, 2.24) is 5.32 Å². The van der Waals surface area contributed by atoms with Gasteiger partial charge in [0.1, 0.15) is 0 Å². The molecule has 5 heteroatoms. The second-order valence-corrected chi connectivity index (χ2v) is 5.86. The van der Waals surface area contributed by atoms with Crippen molar-refractivity contribution in [3.05, 3.63) is 0 Å². The van der Waals surface area contributed by atoms with E-state index in [-0.39, 0.29) is 12.5 Å². The fourth-order valence-electron chi connectivity index (χ4n) is 2.28. The zero-order valence-electron chi connectivity index (χ0n) is 10.6. The number of nitrogens with two attached hydrogens (primary N) is 1. The molecule has 1 atom stereocenters. The minimum atomic E-state index is -0.451. The van der Waals surface area contributed by atoms with Gasteiger partial charge >= 0.3 is 0 Å². The van der Waals surface area contributed by atoms with E-state index in [1.807, 2.05) is 6.26 Å². The number of rotatable bonds is 6. The minimum Gasteiger partial charge on any atom is -0.394 e. The molecule has 0 aliphatic heterocycles. The maximum Gasteiger partial charge on any atom is 0.237 e. The first-order valence-electron chi connectivity index (χ1n) is 6.31. The molecule has 0 bridgehead atoms. The number of aliphatic hydroxyl groups is 1. The Morgan fingerprint density at radius 1 is 1.47 bits per heavy atom. The number of amides is 1. The van der Waals surface area contributed by atoms with Crippen LogP contribution in [0.1, 0.15) is 38.5 Å². The number of hydrogen-bond acceptors (Lipinski definition) is 4. The van der Waals surface area contributed by atoms with E-state index in [4.69, 9.17) is 5.73 Å². The lowest BCUT2D eigenvalue weighted by Crippen LogP contribution is -2.56. The van der Waals surface area contributed by atoms with Crippen LogP contribution in [-0.2, 0) is 4.79 Å². The molecule has 4 nitrogen and oxygen atoms in total. The average Bonchev–Trinajstić information content (AvgIpc) is 2.36. The van der Waals surface area contributed by atoms with E-state index >= 15 is 0 Å². The molecule has 0 aromatic carbocycles. The van der Waals surface area contributed by atoms with Crippen molar-refractivity contribution < 1.29 is 9.90 Å². The largest absolute Gasteiger partial charge is 0.394 e. The van der Waals surface area contributed by atoms with Crippen LogP contribution in [0.4, 0.5) is 0 Å². The molecule has 0 radical (unpaired) electrons. The molecule has 1 aliphatic carbocycles. The van der Waals surface area contributed by atoms with Gasteiger partial charge < -0.3 is 16.2 Å². The molecule has 0 aromatic rings.